The van der Waals surface area contributed by atoms with Gasteiger partial charge in [0, 0.05) is 11.4 Å². The minimum Gasteiger partial charge on any atom is -0.469 e. The molecule has 0 radical (unpaired) electrons. The predicted octanol–water partition coefficient (Wildman–Crippen LogP) is 3.20. The lowest BCUT2D eigenvalue weighted by atomic mass is 10.1. The normalized spacial score (nSPS) is 11.3. The number of hydrogen-bond donors (Lipinski definition) is 0. The number of methoxy groups -OCH3 is 1. The van der Waals surface area contributed by atoms with E-state index in [9.17, 15) is 18.0 Å². The molecule has 0 aliphatic carbocycles. The Bertz CT molecular complexity index is 482. The topological polar surface area (TPSA) is 48.4 Å². The SMILES string of the molecule is COC(=O)Cc1cc(OC(F)(F)F)nc(I)c1CBr. The van der Waals surface area contributed by atoms with Crippen molar-refractivity contribution in [3.63, 3.8) is 0 Å². The van der Waals surface area contributed by atoms with E-state index in [-0.39, 0.29) is 6.42 Å². The van der Waals surface area contributed by atoms with Crippen molar-refractivity contribution in [2.75, 3.05) is 7.11 Å². The molecule has 0 aliphatic rings. The summed E-state index contributed by atoms with van der Waals surface area (Å²) in [5, 5.41) is 0.358. The number of alkyl halides is 4. The summed E-state index contributed by atoms with van der Waals surface area (Å²) >= 11 is 4.98. The average Bonchev–Trinajstić information content (AvgIpc) is 2.26. The lowest BCUT2D eigenvalue weighted by Crippen LogP contribution is -2.19. The summed E-state index contributed by atoms with van der Waals surface area (Å²) in [5.74, 6) is -1.15. The second-order valence-corrected chi connectivity index (χ2v) is 4.91. The number of halogens is 5. The van der Waals surface area contributed by atoms with Crippen molar-refractivity contribution in [3.05, 3.63) is 20.9 Å². The zero-order valence-electron chi connectivity index (χ0n) is 9.55. The predicted molar refractivity (Wildman–Crippen MR) is 72.0 cm³/mol. The number of rotatable bonds is 4. The summed E-state index contributed by atoms with van der Waals surface area (Å²) in [6, 6.07) is 1.09. The van der Waals surface area contributed by atoms with Crippen molar-refractivity contribution < 1.29 is 27.4 Å². The number of pyridine rings is 1. The quantitative estimate of drug-likeness (QED) is 0.304. The summed E-state index contributed by atoms with van der Waals surface area (Å²) in [5.41, 5.74) is 1.00. The molecule has 0 atom stereocenters. The Kier molecular flexibility index (Phi) is 5.83. The lowest BCUT2D eigenvalue weighted by molar-refractivity contribution is -0.276. The summed E-state index contributed by atoms with van der Waals surface area (Å²) in [6.45, 7) is 0. The van der Waals surface area contributed by atoms with Crippen molar-refractivity contribution >= 4 is 44.5 Å². The van der Waals surface area contributed by atoms with Crippen LogP contribution in [0.4, 0.5) is 13.2 Å². The van der Waals surface area contributed by atoms with Gasteiger partial charge in [0.1, 0.15) is 3.70 Å². The summed E-state index contributed by atoms with van der Waals surface area (Å²) in [7, 11) is 1.20. The van der Waals surface area contributed by atoms with Gasteiger partial charge < -0.3 is 9.47 Å². The first kappa shape index (κ1) is 16.5. The molecule has 4 nitrogen and oxygen atoms in total. The molecule has 106 valence electrons. The van der Waals surface area contributed by atoms with Crippen LogP contribution in [0.3, 0.4) is 0 Å². The molecule has 9 heteroatoms. The molecule has 0 aromatic carbocycles. The van der Waals surface area contributed by atoms with E-state index < -0.39 is 18.2 Å². The lowest BCUT2D eigenvalue weighted by Gasteiger charge is -2.13. The third kappa shape index (κ3) is 5.13. The van der Waals surface area contributed by atoms with Crippen molar-refractivity contribution in [1.29, 1.82) is 0 Å². The van der Waals surface area contributed by atoms with Crippen LogP contribution in [-0.2, 0) is 21.3 Å². The van der Waals surface area contributed by atoms with Crippen LogP contribution in [0.1, 0.15) is 11.1 Å². The van der Waals surface area contributed by atoms with E-state index in [0.29, 0.717) is 20.2 Å². The van der Waals surface area contributed by atoms with E-state index in [1.807, 2.05) is 0 Å². The van der Waals surface area contributed by atoms with E-state index in [0.717, 1.165) is 6.07 Å². The van der Waals surface area contributed by atoms with Gasteiger partial charge in [-0.2, -0.15) is 0 Å². The van der Waals surface area contributed by atoms with Gasteiger partial charge in [-0.1, -0.05) is 15.9 Å². The molecule has 1 aromatic rings. The number of esters is 1. The van der Waals surface area contributed by atoms with E-state index in [2.05, 4.69) is 30.4 Å². The molecular formula is C10H8BrF3INO3. The number of carbonyl (C=O) groups excluding carboxylic acids is 1. The van der Waals surface area contributed by atoms with Crippen molar-refractivity contribution in [3.8, 4) is 5.88 Å². The van der Waals surface area contributed by atoms with Gasteiger partial charge in [-0.05, 0) is 33.7 Å². The molecule has 0 N–H and O–H groups in total. The highest BCUT2D eigenvalue weighted by atomic mass is 127. The van der Waals surface area contributed by atoms with Gasteiger partial charge in [0.15, 0.2) is 0 Å². The maximum absolute atomic E-state index is 12.2. The number of carbonyl (C=O) groups is 1. The molecule has 1 rings (SSSR count). The van der Waals surface area contributed by atoms with Crippen LogP contribution >= 0.6 is 38.5 Å². The highest BCUT2D eigenvalue weighted by Crippen LogP contribution is 2.27. The van der Waals surface area contributed by atoms with Crippen LogP contribution in [0.15, 0.2) is 6.07 Å². The molecule has 1 heterocycles. The van der Waals surface area contributed by atoms with E-state index in [4.69, 9.17) is 0 Å². The van der Waals surface area contributed by atoms with Gasteiger partial charge in [0.05, 0.1) is 13.5 Å². The van der Waals surface area contributed by atoms with Crippen LogP contribution in [0.5, 0.6) is 5.88 Å². The molecule has 1 aromatic heterocycles. The first-order valence-corrected chi connectivity index (χ1v) is 7.03. The highest BCUT2D eigenvalue weighted by Gasteiger charge is 2.32. The highest BCUT2D eigenvalue weighted by molar-refractivity contribution is 14.1. The Morgan fingerprint density at radius 3 is 2.63 bits per heavy atom. The second kappa shape index (κ2) is 6.73. The summed E-state index contributed by atoms with van der Waals surface area (Å²) < 4.78 is 45.0. The van der Waals surface area contributed by atoms with Crippen LogP contribution in [0.2, 0.25) is 0 Å². The monoisotopic (exact) mass is 453 g/mol. The Morgan fingerprint density at radius 2 is 2.16 bits per heavy atom. The van der Waals surface area contributed by atoms with E-state index >= 15 is 0 Å². The Morgan fingerprint density at radius 1 is 1.53 bits per heavy atom. The maximum Gasteiger partial charge on any atom is 0.574 e. The standard InChI is InChI=1S/C10H8BrF3INO3/c1-18-8(17)3-5-2-7(19-10(12,13)14)16-9(15)6(5)4-11/h2H,3-4H2,1H3. The van der Waals surface area contributed by atoms with Crippen molar-refractivity contribution in [2.45, 2.75) is 18.1 Å². The minimum absolute atomic E-state index is 0.149. The van der Waals surface area contributed by atoms with E-state index in [1.165, 1.54) is 7.11 Å². The van der Waals surface area contributed by atoms with E-state index in [1.54, 1.807) is 22.6 Å². The first-order valence-electron chi connectivity index (χ1n) is 4.83. The molecule has 0 spiro atoms. The molecule has 0 amide bonds. The Labute approximate surface area is 128 Å². The Hall–Kier alpha value is -0.580. The summed E-state index contributed by atoms with van der Waals surface area (Å²) in [6.07, 6.45) is -4.97. The fraction of sp³-hybridized carbons (Fsp3) is 0.400. The average molecular weight is 454 g/mol. The van der Waals surface area contributed by atoms with Gasteiger partial charge in [-0.3, -0.25) is 4.79 Å². The Balaban J connectivity index is 3.14. The number of nitrogens with zero attached hydrogens (tertiary/aromatic N) is 1. The molecule has 0 saturated carbocycles. The van der Waals surface area contributed by atoms with Gasteiger partial charge in [-0.15, -0.1) is 13.2 Å². The number of hydrogen-bond acceptors (Lipinski definition) is 4. The van der Waals surface area contributed by atoms with Crippen molar-refractivity contribution in [1.82, 2.24) is 4.98 Å². The molecule has 0 bridgehead atoms. The van der Waals surface area contributed by atoms with Crippen LogP contribution in [-0.4, -0.2) is 24.4 Å². The molecule has 0 aliphatic heterocycles. The third-order valence-corrected chi connectivity index (χ3v) is 3.51. The van der Waals surface area contributed by atoms with Crippen LogP contribution in [0.25, 0.3) is 0 Å². The number of ether oxygens (including phenoxy) is 2. The molecule has 19 heavy (non-hydrogen) atoms. The minimum atomic E-state index is -4.82. The fourth-order valence-corrected chi connectivity index (χ4v) is 3.19. The zero-order valence-corrected chi connectivity index (χ0v) is 13.3. The molecule has 0 saturated heterocycles. The second-order valence-electron chi connectivity index (χ2n) is 3.32. The van der Waals surface area contributed by atoms with Gasteiger partial charge in [0.25, 0.3) is 0 Å². The van der Waals surface area contributed by atoms with Gasteiger partial charge >= 0.3 is 12.3 Å². The number of aromatic nitrogens is 1. The van der Waals surface area contributed by atoms with Crippen LogP contribution < -0.4 is 4.74 Å². The van der Waals surface area contributed by atoms with Crippen LogP contribution in [0, 0.1) is 3.70 Å². The molecule has 0 fully saturated rings. The molecule has 0 unspecified atom stereocenters. The largest absolute Gasteiger partial charge is 0.574 e. The summed E-state index contributed by atoms with van der Waals surface area (Å²) in [4.78, 5) is 14.9. The van der Waals surface area contributed by atoms with Gasteiger partial charge in [-0.25, -0.2) is 4.98 Å². The smallest absolute Gasteiger partial charge is 0.469 e. The van der Waals surface area contributed by atoms with Gasteiger partial charge in [0.2, 0.25) is 5.88 Å². The third-order valence-electron chi connectivity index (χ3n) is 2.06. The first-order chi connectivity index (χ1) is 8.76. The van der Waals surface area contributed by atoms with Crippen molar-refractivity contribution in [2.24, 2.45) is 0 Å². The zero-order chi connectivity index (χ0) is 14.6. The fourth-order valence-electron chi connectivity index (χ4n) is 1.26. The maximum atomic E-state index is 12.2. The molecular weight excluding hydrogens is 446 g/mol.